The second kappa shape index (κ2) is 11.8. The van der Waals surface area contributed by atoms with E-state index in [2.05, 4.69) is 13.0 Å². The summed E-state index contributed by atoms with van der Waals surface area (Å²) in [6, 6.07) is 0. The molecule has 166 valence electrons. The zero-order valence-corrected chi connectivity index (χ0v) is 19.2. The molecule has 5 nitrogen and oxygen atoms in total. The Bertz CT molecular complexity index is 760. The van der Waals surface area contributed by atoms with Crippen LogP contribution in [0.15, 0.2) is 47.3 Å². The van der Waals surface area contributed by atoms with Gasteiger partial charge in [-0.05, 0) is 71.3 Å². The second-order valence-electron chi connectivity index (χ2n) is 8.96. The van der Waals surface area contributed by atoms with Crippen LogP contribution in [0.25, 0.3) is 0 Å². The van der Waals surface area contributed by atoms with Gasteiger partial charge in [-0.15, -0.1) is 0 Å². The number of allylic oxidation sites excluding steroid dienone is 5. The van der Waals surface area contributed by atoms with Gasteiger partial charge in [-0.2, -0.15) is 0 Å². The fraction of sp³-hybridized carbons (Fsp3) is 0.560. The summed E-state index contributed by atoms with van der Waals surface area (Å²) in [4.78, 5) is 36.9. The maximum atomic E-state index is 13.1. The summed E-state index contributed by atoms with van der Waals surface area (Å²) in [6.45, 7) is 10.9. The largest absolute Gasteiger partial charge is 0.432 e. The first-order chi connectivity index (χ1) is 14.0. The van der Waals surface area contributed by atoms with Crippen LogP contribution >= 0.6 is 0 Å². The lowest BCUT2D eigenvalue weighted by Crippen LogP contribution is -2.35. The molecule has 0 fully saturated rings. The molecule has 30 heavy (non-hydrogen) atoms. The first kappa shape index (κ1) is 25.8. The Kier molecular flexibility index (Phi) is 10.1. The monoisotopic (exact) mass is 416 g/mol. The number of hydrogen-bond acceptors (Lipinski definition) is 5. The fourth-order valence-corrected chi connectivity index (χ4v) is 3.94. The summed E-state index contributed by atoms with van der Waals surface area (Å²) in [5, 5.41) is 9.70. The molecule has 0 saturated heterocycles. The molecule has 0 aromatic rings. The van der Waals surface area contributed by atoms with Gasteiger partial charge in [0.15, 0.2) is 5.78 Å². The van der Waals surface area contributed by atoms with E-state index in [4.69, 9.17) is 4.74 Å². The lowest BCUT2D eigenvalue weighted by atomic mass is 9.65. The highest BCUT2D eigenvalue weighted by Gasteiger charge is 2.43. The van der Waals surface area contributed by atoms with Crippen molar-refractivity contribution in [3.8, 4) is 0 Å². The molecule has 0 aromatic carbocycles. The van der Waals surface area contributed by atoms with Crippen molar-refractivity contribution in [2.75, 3.05) is 6.61 Å². The molecule has 0 saturated carbocycles. The highest BCUT2D eigenvalue weighted by molar-refractivity contribution is 6.00. The molecule has 0 aliphatic heterocycles. The maximum Gasteiger partial charge on any atom is 0.335 e. The smallest absolute Gasteiger partial charge is 0.335 e. The number of ketones is 2. The van der Waals surface area contributed by atoms with Crippen LogP contribution in [-0.4, -0.2) is 29.2 Å². The topological polar surface area (TPSA) is 80.7 Å². The quantitative estimate of drug-likeness (QED) is 0.251. The predicted molar refractivity (Wildman–Crippen MR) is 119 cm³/mol. The molecule has 0 radical (unpaired) electrons. The summed E-state index contributed by atoms with van der Waals surface area (Å²) >= 11 is 0. The van der Waals surface area contributed by atoms with Crippen molar-refractivity contribution in [1.29, 1.82) is 0 Å². The zero-order chi connectivity index (χ0) is 22.9. The summed E-state index contributed by atoms with van der Waals surface area (Å²) in [7, 11) is 0. The third kappa shape index (κ3) is 7.86. The lowest BCUT2D eigenvalue weighted by molar-refractivity contribution is -0.132. The Morgan fingerprint density at radius 2 is 1.87 bits per heavy atom. The predicted octanol–water partition coefficient (Wildman–Crippen LogP) is 4.87. The number of esters is 1. The highest BCUT2D eigenvalue weighted by atomic mass is 16.5. The Morgan fingerprint density at radius 1 is 1.20 bits per heavy atom. The number of ether oxygens (including phenoxy) is 1. The van der Waals surface area contributed by atoms with Gasteiger partial charge in [0.25, 0.3) is 0 Å². The van der Waals surface area contributed by atoms with Crippen molar-refractivity contribution in [3.05, 3.63) is 47.3 Å². The number of hydrogen-bond donors (Lipinski definition) is 1. The van der Waals surface area contributed by atoms with Crippen LogP contribution < -0.4 is 0 Å². The van der Waals surface area contributed by atoms with E-state index in [-0.39, 0.29) is 35.9 Å². The lowest BCUT2D eigenvalue weighted by Gasteiger charge is -2.38. The van der Waals surface area contributed by atoms with Gasteiger partial charge in [0.2, 0.25) is 0 Å². The van der Waals surface area contributed by atoms with Gasteiger partial charge in [-0.25, -0.2) is 4.79 Å². The third-order valence-corrected chi connectivity index (χ3v) is 5.53. The van der Waals surface area contributed by atoms with E-state index in [0.717, 1.165) is 18.4 Å². The van der Waals surface area contributed by atoms with Crippen LogP contribution in [0.2, 0.25) is 0 Å². The summed E-state index contributed by atoms with van der Waals surface area (Å²) in [6.07, 6.45) is 10.8. The zero-order valence-electron chi connectivity index (χ0n) is 19.2. The first-order valence-corrected chi connectivity index (χ1v) is 10.5. The average molecular weight is 417 g/mol. The van der Waals surface area contributed by atoms with Crippen molar-refractivity contribution in [1.82, 2.24) is 0 Å². The number of rotatable bonds is 9. The SMILES string of the molecule is CC(=O)C[C@@H]1C(=O)C(CO)=CC[C@](C)(CCC=C(C)C)[C@H]1/C=C/OC(=O)C=C(C)C. The molecule has 0 bridgehead atoms. The minimum Gasteiger partial charge on any atom is -0.432 e. The summed E-state index contributed by atoms with van der Waals surface area (Å²) in [5.74, 6) is -1.67. The molecular weight excluding hydrogens is 380 g/mol. The van der Waals surface area contributed by atoms with E-state index in [9.17, 15) is 19.5 Å². The number of carbonyl (C=O) groups excluding carboxylic acids is 3. The number of aliphatic hydroxyl groups is 1. The molecule has 3 atom stereocenters. The molecule has 0 aromatic heterocycles. The van der Waals surface area contributed by atoms with Crippen LogP contribution in [-0.2, 0) is 19.1 Å². The Labute approximate surface area is 180 Å². The van der Waals surface area contributed by atoms with Crippen molar-refractivity contribution >= 4 is 17.5 Å². The van der Waals surface area contributed by atoms with E-state index in [0.29, 0.717) is 12.0 Å². The average Bonchev–Trinajstić information content (AvgIpc) is 2.71. The molecule has 1 rings (SSSR count). The number of Topliss-reactive ketones (excluding diaryl/α,β-unsaturated/α-hetero) is 2. The molecular formula is C25H36O5. The molecule has 1 aliphatic rings. The minimum atomic E-state index is -0.599. The molecule has 0 spiro atoms. The van der Waals surface area contributed by atoms with Crippen LogP contribution in [0.3, 0.4) is 0 Å². The standard InChI is InChI=1S/C25H36O5/c1-17(2)8-7-11-25(6)12-9-20(16-26)24(29)21(15-19(5)27)22(25)10-13-30-23(28)14-18(3)4/h8-10,13-14,21-22,26H,7,11-12,15-16H2,1-6H3/b13-10+/t21-,22-,25-/m0/s1. The number of aliphatic hydroxyl groups excluding tert-OH is 1. The van der Waals surface area contributed by atoms with Crippen molar-refractivity contribution in [2.24, 2.45) is 17.3 Å². The van der Waals surface area contributed by atoms with Crippen molar-refractivity contribution in [2.45, 2.75) is 67.2 Å². The van der Waals surface area contributed by atoms with Crippen LogP contribution in [0, 0.1) is 17.3 Å². The van der Waals surface area contributed by atoms with Gasteiger partial charge in [-0.1, -0.05) is 30.2 Å². The Morgan fingerprint density at radius 3 is 2.40 bits per heavy atom. The van der Waals surface area contributed by atoms with Crippen LogP contribution in [0.4, 0.5) is 0 Å². The van der Waals surface area contributed by atoms with Gasteiger partial charge >= 0.3 is 5.97 Å². The molecule has 0 amide bonds. The summed E-state index contributed by atoms with van der Waals surface area (Å²) < 4.78 is 5.20. The van der Waals surface area contributed by atoms with Gasteiger partial charge in [0.1, 0.15) is 5.78 Å². The van der Waals surface area contributed by atoms with Gasteiger partial charge in [0, 0.05) is 24.0 Å². The van der Waals surface area contributed by atoms with Gasteiger partial charge in [-0.3, -0.25) is 4.79 Å². The molecule has 5 heteroatoms. The highest BCUT2D eigenvalue weighted by Crippen LogP contribution is 2.46. The van der Waals surface area contributed by atoms with Crippen molar-refractivity contribution in [3.63, 3.8) is 0 Å². The van der Waals surface area contributed by atoms with Gasteiger partial charge in [0.05, 0.1) is 12.9 Å². The van der Waals surface area contributed by atoms with E-state index in [1.807, 2.05) is 13.8 Å². The van der Waals surface area contributed by atoms with Crippen LogP contribution in [0.1, 0.15) is 67.2 Å². The van der Waals surface area contributed by atoms with Crippen molar-refractivity contribution < 1.29 is 24.2 Å². The fourth-order valence-electron chi connectivity index (χ4n) is 3.94. The van der Waals surface area contributed by atoms with E-state index in [1.54, 1.807) is 26.0 Å². The van der Waals surface area contributed by atoms with Gasteiger partial charge < -0.3 is 14.6 Å². The van der Waals surface area contributed by atoms with E-state index >= 15 is 0 Å². The molecule has 0 heterocycles. The second-order valence-corrected chi connectivity index (χ2v) is 8.96. The summed E-state index contributed by atoms with van der Waals surface area (Å²) in [5.41, 5.74) is 2.07. The minimum absolute atomic E-state index is 0.0841. The van der Waals surface area contributed by atoms with E-state index in [1.165, 1.54) is 24.8 Å². The van der Waals surface area contributed by atoms with Crippen LogP contribution in [0.5, 0.6) is 0 Å². The molecule has 0 unspecified atom stereocenters. The first-order valence-electron chi connectivity index (χ1n) is 10.5. The molecule has 1 N–H and O–H groups in total. The Hall–Kier alpha value is -2.27. The normalized spacial score (nSPS) is 24.1. The molecule has 1 aliphatic carbocycles. The maximum absolute atomic E-state index is 13.1. The Balaban J connectivity index is 3.33. The number of carbonyl (C=O) groups is 3. The van der Waals surface area contributed by atoms with E-state index < -0.39 is 11.9 Å². The third-order valence-electron chi connectivity index (χ3n) is 5.53.